The number of halogens is 6. The second-order valence-corrected chi connectivity index (χ2v) is 14.2. The highest BCUT2D eigenvalue weighted by Crippen LogP contribution is 2.50. The van der Waals surface area contributed by atoms with Gasteiger partial charge in [-0.25, -0.2) is 17.2 Å². The van der Waals surface area contributed by atoms with Gasteiger partial charge in [-0.15, -0.1) is 0 Å². The Hall–Kier alpha value is -2.85. The zero-order chi connectivity index (χ0) is 32.0. The zero-order valence-electron chi connectivity index (χ0n) is 23.4. The molecule has 0 bridgehead atoms. The molecule has 3 fully saturated rings. The quantitative estimate of drug-likeness (QED) is 0.349. The highest BCUT2D eigenvalue weighted by atomic mass is 32.2. The van der Waals surface area contributed by atoms with Crippen molar-refractivity contribution in [2.24, 2.45) is 23.2 Å². The molecular weight excluding hydrogens is 598 g/mol. The number of nitrogens with one attached hydrogen (secondary N) is 3. The average molecular weight is 633 g/mol. The molecule has 4 amide bonds. The van der Waals surface area contributed by atoms with Crippen LogP contribution in [0.2, 0.25) is 0 Å². The second kappa shape index (κ2) is 11.7. The Balaban J connectivity index is 1.97. The first-order valence-electron chi connectivity index (χ1n) is 13.2. The van der Waals surface area contributed by atoms with Gasteiger partial charge in [-0.2, -0.15) is 17.6 Å². The lowest BCUT2D eigenvalue weighted by Gasteiger charge is -2.37. The van der Waals surface area contributed by atoms with Crippen molar-refractivity contribution < 1.29 is 53.9 Å². The number of likely N-dealkylation sites (tertiary alicyclic amines) is 1. The Morgan fingerprint density at radius 2 is 1.76 bits per heavy atom. The first-order valence-corrected chi connectivity index (χ1v) is 15.1. The molecule has 0 aromatic heterocycles. The summed E-state index contributed by atoms with van der Waals surface area (Å²) >= 11 is 0. The number of alkyl halides is 5. The summed E-state index contributed by atoms with van der Waals surface area (Å²) in [7, 11) is -4.36. The van der Waals surface area contributed by atoms with Gasteiger partial charge in [-0.05, 0) is 36.2 Å². The Morgan fingerprint density at radius 3 is 2.26 bits per heavy atom. The van der Waals surface area contributed by atoms with E-state index in [-0.39, 0.29) is 19.4 Å². The van der Waals surface area contributed by atoms with Crippen LogP contribution in [0.4, 0.5) is 26.3 Å². The number of amides is 4. The number of fused-ring (bicyclic) bond motifs is 1. The molecule has 0 radical (unpaired) electrons. The first kappa shape index (κ1) is 33.6. The summed E-state index contributed by atoms with van der Waals surface area (Å²) in [5.41, 5.74) is -1.31. The van der Waals surface area contributed by atoms with Crippen LogP contribution in [0, 0.1) is 23.2 Å². The number of hydrogen-bond donors (Lipinski definition) is 3. The molecule has 238 valence electrons. The van der Waals surface area contributed by atoms with Crippen LogP contribution >= 0.6 is 0 Å². The second-order valence-electron chi connectivity index (χ2n) is 12.3. The number of carbonyl (C=O) groups is 4. The summed E-state index contributed by atoms with van der Waals surface area (Å²) in [5.74, 6) is -11.0. The number of carbonyl (C=O) groups excluding carboxylic acids is 4. The predicted molar refractivity (Wildman–Crippen MR) is 136 cm³/mol. The van der Waals surface area contributed by atoms with E-state index in [4.69, 9.17) is 0 Å². The van der Waals surface area contributed by atoms with Gasteiger partial charge in [0.15, 0.2) is 0 Å². The number of sulfone groups is 1. The van der Waals surface area contributed by atoms with Crippen LogP contribution in [0.1, 0.15) is 46.5 Å². The van der Waals surface area contributed by atoms with Gasteiger partial charge in [0.2, 0.25) is 38.6 Å². The molecule has 10 nitrogen and oxygen atoms in total. The maximum Gasteiger partial charge on any atom is 0.471 e. The zero-order valence-corrected chi connectivity index (χ0v) is 24.2. The van der Waals surface area contributed by atoms with Crippen molar-refractivity contribution in [3.05, 3.63) is 11.2 Å². The molecule has 42 heavy (non-hydrogen) atoms. The van der Waals surface area contributed by atoms with Crippen LogP contribution in [-0.2, 0) is 29.0 Å². The Labute approximate surface area is 238 Å². The Bertz CT molecular complexity index is 1250. The molecule has 2 saturated heterocycles. The number of rotatable bonds is 8. The summed E-state index contributed by atoms with van der Waals surface area (Å²) < 4.78 is 106. The molecule has 0 unspecified atom stereocenters. The topological polar surface area (TPSA) is 142 Å². The number of hydrogen-bond acceptors (Lipinski definition) is 6. The van der Waals surface area contributed by atoms with Crippen LogP contribution in [0.5, 0.6) is 0 Å². The van der Waals surface area contributed by atoms with E-state index >= 15 is 0 Å². The van der Waals surface area contributed by atoms with E-state index in [2.05, 4.69) is 10.6 Å². The first-order chi connectivity index (χ1) is 19.0. The minimum absolute atomic E-state index is 0.252. The van der Waals surface area contributed by atoms with E-state index in [1.807, 2.05) is 0 Å². The van der Waals surface area contributed by atoms with Crippen molar-refractivity contribution in [2.75, 3.05) is 19.3 Å². The Kier molecular flexibility index (Phi) is 9.36. The van der Waals surface area contributed by atoms with Gasteiger partial charge in [0.25, 0.3) is 0 Å². The van der Waals surface area contributed by atoms with E-state index in [0.29, 0.717) is 12.3 Å². The molecule has 0 aromatic rings. The van der Waals surface area contributed by atoms with Crippen LogP contribution in [0.25, 0.3) is 0 Å². The van der Waals surface area contributed by atoms with E-state index in [9.17, 15) is 53.9 Å². The van der Waals surface area contributed by atoms with Crippen LogP contribution < -0.4 is 16.0 Å². The van der Waals surface area contributed by atoms with Gasteiger partial charge in [0.1, 0.15) is 12.1 Å². The molecular formula is C25H34F6N4O6S. The van der Waals surface area contributed by atoms with Gasteiger partial charge in [-0.1, -0.05) is 20.8 Å². The lowest BCUT2D eigenvalue weighted by atomic mass is 9.85. The van der Waals surface area contributed by atoms with Crippen LogP contribution in [0.15, 0.2) is 11.2 Å². The summed E-state index contributed by atoms with van der Waals surface area (Å²) in [5, 5.41) is 4.95. The largest absolute Gasteiger partial charge is 0.471 e. The fourth-order valence-electron chi connectivity index (χ4n) is 5.78. The number of nitrogens with zero attached hydrogens (tertiary/aromatic N) is 1. The highest BCUT2D eigenvalue weighted by molar-refractivity contribution is 7.94. The van der Waals surface area contributed by atoms with Crippen molar-refractivity contribution in [2.45, 2.75) is 76.7 Å². The lowest BCUT2D eigenvalue weighted by molar-refractivity contribution is -0.176. The third-order valence-electron chi connectivity index (χ3n) is 7.79. The van der Waals surface area contributed by atoms with Crippen molar-refractivity contribution in [3.8, 4) is 0 Å². The molecule has 3 aliphatic rings. The van der Waals surface area contributed by atoms with Crippen molar-refractivity contribution in [3.63, 3.8) is 0 Å². The molecule has 1 saturated carbocycles. The molecule has 17 heteroatoms. The van der Waals surface area contributed by atoms with Crippen LogP contribution in [-0.4, -0.2) is 86.5 Å². The van der Waals surface area contributed by atoms with E-state index in [0.717, 1.165) is 4.90 Å². The van der Waals surface area contributed by atoms with Crippen molar-refractivity contribution in [1.29, 1.82) is 0 Å². The van der Waals surface area contributed by atoms with Gasteiger partial charge in [-0.3, -0.25) is 19.2 Å². The Morgan fingerprint density at radius 1 is 1.14 bits per heavy atom. The third kappa shape index (κ3) is 7.75. The van der Waals surface area contributed by atoms with Gasteiger partial charge >= 0.3 is 12.1 Å². The minimum Gasteiger partial charge on any atom is -0.356 e. The highest BCUT2D eigenvalue weighted by Gasteiger charge is 2.59. The van der Waals surface area contributed by atoms with E-state index in [1.165, 1.54) is 20.8 Å². The maximum absolute atomic E-state index is 14.5. The van der Waals surface area contributed by atoms with Gasteiger partial charge in [0, 0.05) is 38.1 Å². The minimum atomic E-state index is -5.33. The fraction of sp³-hybridized carbons (Fsp3) is 0.760. The molecule has 0 aromatic carbocycles. The van der Waals surface area contributed by atoms with E-state index in [1.54, 1.807) is 5.32 Å². The average Bonchev–Trinajstić information content (AvgIpc) is 3.45. The standard InChI is InChI=1S/C25H34F6N4O6S/c1-23(2,3)18(34-22(39)25(29,30)31)21(38)35-11-13-9-24(27,28)10-15(13)17(35)20(37)33-14(8-16(26)42(4,40)41)7-12-5-6-32-19(12)36/h8,12-15,17-18H,5-7,9-11H2,1-4H3,(H,32,36)(H,33,37)(H,34,39)/b16-8+/t12-,13+,14+,15+,17+,18+/m0/s1. The molecule has 6 atom stereocenters. The van der Waals surface area contributed by atoms with E-state index < -0.39 is 111 Å². The summed E-state index contributed by atoms with van der Waals surface area (Å²) in [6, 6.07) is -4.87. The SMILES string of the molecule is CC(C)(C)[C@H](NC(=O)C(F)(F)F)C(=O)N1C[C@H]2CC(F)(F)C[C@H]2[C@@H]1C(=O)N[C@@H](/C=C(\F)S(C)(=O)=O)C[C@@H]1CCNC1=O. The van der Waals surface area contributed by atoms with Crippen molar-refractivity contribution in [1.82, 2.24) is 20.9 Å². The van der Waals surface area contributed by atoms with Gasteiger partial charge < -0.3 is 20.9 Å². The van der Waals surface area contributed by atoms with Crippen LogP contribution in [0.3, 0.4) is 0 Å². The third-order valence-corrected chi connectivity index (χ3v) is 8.63. The lowest BCUT2D eigenvalue weighted by Crippen LogP contribution is -2.60. The molecule has 0 spiro atoms. The monoisotopic (exact) mass is 632 g/mol. The van der Waals surface area contributed by atoms with Crippen molar-refractivity contribution >= 4 is 33.5 Å². The summed E-state index contributed by atoms with van der Waals surface area (Å²) in [6.07, 6.45) is -5.67. The molecule has 2 heterocycles. The predicted octanol–water partition coefficient (Wildman–Crippen LogP) is 1.82. The normalized spacial score (nSPS) is 27.7. The smallest absolute Gasteiger partial charge is 0.356 e. The maximum atomic E-state index is 14.5. The summed E-state index contributed by atoms with van der Waals surface area (Å²) in [6.45, 7) is 3.97. The summed E-state index contributed by atoms with van der Waals surface area (Å²) in [4.78, 5) is 52.0. The molecule has 2 aliphatic heterocycles. The fourth-order valence-corrected chi connectivity index (χ4v) is 6.19. The molecule has 1 aliphatic carbocycles. The van der Waals surface area contributed by atoms with Gasteiger partial charge in [0.05, 0.1) is 6.04 Å². The molecule has 3 rings (SSSR count). The molecule has 3 N–H and O–H groups in total.